The fraction of sp³-hybridized carbons (Fsp3) is 0.400. The van der Waals surface area contributed by atoms with Crippen LogP contribution in [0.15, 0.2) is 48.5 Å². The standard InChI is InChI=1S/C25H28N2O7/c28-22(29)9-12-32-14-11-26-23(30)25(10-13-33-16-25)27-24(31)34-15-21-19-7-3-1-5-17(19)18-6-2-4-8-20(18)21/h1-8,21H,9-16H2,(H,26,30)(H,27,31)(H,28,29). The topological polar surface area (TPSA) is 123 Å². The quantitative estimate of drug-likeness (QED) is 0.457. The van der Waals surface area contributed by atoms with Crippen LogP contribution in [0.25, 0.3) is 11.1 Å². The number of fused-ring (bicyclic) bond motifs is 3. The molecule has 0 radical (unpaired) electrons. The summed E-state index contributed by atoms with van der Waals surface area (Å²) in [5.41, 5.74) is 3.27. The number of carboxylic acids is 1. The first-order valence-electron chi connectivity index (χ1n) is 11.3. The molecule has 1 aliphatic heterocycles. The zero-order chi connectivity index (χ0) is 24.0. The molecule has 34 heavy (non-hydrogen) atoms. The number of nitrogens with one attached hydrogen (secondary N) is 2. The molecule has 1 unspecified atom stereocenters. The Kier molecular flexibility index (Phi) is 7.44. The van der Waals surface area contributed by atoms with Crippen LogP contribution in [0, 0.1) is 0 Å². The zero-order valence-electron chi connectivity index (χ0n) is 18.7. The lowest BCUT2D eigenvalue weighted by atomic mass is 9.97. The molecular weight excluding hydrogens is 440 g/mol. The van der Waals surface area contributed by atoms with Gasteiger partial charge < -0.3 is 30.0 Å². The highest BCUT2D eigenvalue weighted by molar-refractivity contribution is 5.90. The number of alkyl carbamates (subject to hydrolysis) is 1. The highest BCUT2D eigenvalue weighted by Gasteiger charge is 2.44. The minimum absolute atomic E-state index is 0.0445. The number of aliphatic carboxylic acids is 1. The van der Waals surface area contributed by atoms with Crippen LogP contribution in [-0.2, 0) is 23.8 Å². The Bertz CT molecular complexity index is 1000. The van der Waals surface area contributed by atoms with Gasteiger partial charge in [-0.25, -0.2) is 4.79 Å². The first-order chi connectivity index (χ1) is 16.5. The highest BCUT2D eigenvalue weighted by atomic mass is 16.6. The van der Waals surface area contributed by atoms with Gasteiger partial charge >= 0.3 is 12.1 Å². The van der Waals surface area contributed by atoms with Gasteiger partial charge in [0.25, 0.3) is 0 Å². The van der Waals surface area contributed by atoms with E-state index in [2.05, 4.69) is 22.8 Å². The summed E-state index contributed by atoms with van der Waals surface area (Å²) in [5, 5.41) is 14.0. The van der Waals surface area contributed by atoms with E-state index in [4.69, 9.17) is 19.3 Å². The Morgan fingerprint density at radius 2 is 1.71 bits per heavy atom. The molecule has 180 valence electrons. The fourth-order valence-corrected chi connectivity index (χ4v) is 4.40. The lowest BCUT2D eigenvalue weighted by Crippen LogP contribution is -2.60. The molecule has 0 saturated carbocycles. The van der Waals surface area contributed by atoms with E-state index in [1.54, 1.807) is 0 Å². The molecule has 1 aliphatic carbocycles. The summed E-state index contributed by atoms with van der Waals surface area (Å²) in [4.78, 5) is 36.0. The summed E-state index contributed by atoms with van der Waals surface area (Å²) in [6, 6.07) is 16.1. The Morgan fingerprint density at radius 1 is 1.03 bits per heavy atom. The van der Waals surface area contributed by atoms with Crippen LogP contribution in [0.3, 0.4) is 0 Å². The molecule has 0 aromatic heterocycles. The number of amides is 2. The van der Waals surface area contributed by atoms with Crippen LogP contribution in [0.4, 0.5) is 4.79 Å². The lowest BCUT2D eigenvalue weighted by molar-refractivity contribution is -0.138. The van der Waals surface area contributed by atoms with Gasteiger partial charge in [-0.15, -0.1) is 0 Å². The molecule has 2 amide bonds. The van der Waals surface area contributed by atoms with Crippen LogP contribution in [0.2, 0.25) is 0 Å². The van der Waals surface area contributed by atoms with Gasteiger partial charge in [0.2, 0.25) is 5.91 Å². The van der Waals surface area contributed by atoms with Crippen LogP contribution in [0.5, 0.6) is 0 Å². The minimum atomic E-state index is -1.22. The van der Waals surface area contributed by atoms with Crippen LogP contribution < -0.4 is 10.6 Å². The Hall–Kier alpha value is -3.43. The van der Waals surface area contributed by atoms with E-state index in [-0.39, 0.29) is 51.2 Å². The molecule has 9 heteroatoms. The van der Waals surface area contributed by atoms with Crippen molar-refractivity contribution >= 4 is 18.0 Å². The fourth-order valence-electron chi connectivity index (χ4n) is 4.40. The van der Waals surface area contributed by atoms with Crippen LogP contribution in [-0.4, -0.2) is 68.2 Å². The summed E-state index contributed by atoms with van der Waals surface area (Å²) < 4.78 is 16.2. The van der Waals surface area contributed by atoms with E-state index >= 15 is 0 Å². The molecule has 2 aromatic carbocycles. The molecule has 1 atom stereocenters. The smallest absolute Gasteiger partial charge is 0.408 e. The van der Waals surface area contributed by atoms with Gasteiger partial charge in [-0.05, 0) is 22.3 Å². The molecule has 3 N–H and O–H groups in total. The highest BCUT2D eigenvalue weighted by Crippen LogP contribution is 2.44. The van der Waals surface area contributed by atoms with E-state index in [9.17, 15) is 14.4 Å². The van der Waals surface area contributed by atoms with E-state index in [0.29, 0.717) is 13.0 Å². The Morgan fingerprint density at radius 3 is 2.32 bits per heavy atom. The maximum atomic E-state index is 12.8. The summed E-state index contributed by atoms with van der Waals surface area (Å²) in [5.74, 6) is -1.41. The molecule has 0 spiro atoms. The Labute approximate surface area is 197 Å². The molecule has 2 aliphatic rings. The third kappa shape index (κ3) is 5.21. The van der Waals surface area contributed by atoms with E-state index in [1.807, 2.05) is 36.4 Å². The summed E-state index contributed by atoms with van der Waals surface area (Å²) in [7, 11) is 0. The number of carboxylic acid groups (broad SMARTS) is 1. The minimum Gasteiger partial charge on any atom is -0.481 e. The summed E-state index contributed by atoms with van der Waals surface area (Å²) in [6.07, 6.45) is -0.460. The molecule has 1 fully saturated rings. The third-order valence-corrected chi connectivity index (χ3v) is 6.13. The number of carbonyl (C=O) groups is 3. The second kappa shape index (κ2) is 10.7. The average Bonchev–Trinajstić information content (AvgIpc) is 3.43. The number of hydrogen-bond acceptors (Lipinski definition) is 6. The number of ether oxygens (including phenoxy) is 3. The van der Waals surface area contributed by atoms with Gasteiger partial charge in [0, 0.05) is 25.5 Å². The van der Waals surface area contributed by atoms with Gasteiger partial charge in [-0.1, -0.05) is 48.5 Å². The molecule has 9 nitrogen and oxygen atoms in total. The van der Waals surface area contributed by atoms with Gasteiger partial charge in [0.05, 0.1) is 26.2 Å². The van der Waals surface area contributed by atoms with Crippen molar-refractivity contribution < 1.29 is 33.7 Å². The maximum Gasteiger partial charge on any atom is 0.408 e. The molecule has 2 aromatic rings. The first kappa shape index (κ1) is 23.7. The SMILES string of the molecule is O=C(O)CCOCCNC(=O)C1(NC(=O)OCC2c3ccccc3-c3ccccc32)CCOC1. The predicted molar refractivity (Wildman–Crippen MR) is 122 cm³/mol. The molecule has 1 heterocycles. The molecule has 1 saturated heterocycles. The van der Waals surface area contributed by atoms with Gasteiger partial charge in [0.1, 0.15) is 12.1 Å². The number of benzene rings is 2. The van der Waals surface area contributed by atoms with Crippen molar-refractivity contribution in [3.8, 4) is 11.1 Å². The maximum absolute atomic E-state index is 12.8. The second-order valence-electron chi connectivity index (χ2n) is 8.35. The number of rotatable bonds is 10. The first-order valence-corrected chi connectivity index (χ1v) is 11.3. The van der Waals surface area contributed by atoms with Gasteiger partial charge in [-0.3, -0.25) is 9.59 Å². The van der Waals surface area contributed by atoms with Crippen molar-refractivity contribution in [3.63, 3.8) is 0 Å². The van der Waals surface area contributed by atoms with Crippen LogP contribution in [0.1, 0.15) is 29.9 Å². The normalized spacial score (nSPS) is 18.7. The van der Waals surface area contributed by atoms with Crippen molar-refractivity contribution in [1.29, 1.82) is 0 Å². The van der Waals surface area contributed by atoms with Crippen LogP contribution >= 0.6 is 0 Å². The lowest BCUT2D eigenvalue weighted by Gasteiger charge is -2.27. The van der Waals surface area contributed by atoms with Crippen molar-refractivity contribution in [3.05, 3.63) is 59.7 Å². The molecule has 0 bridgehead atoms. The van der Waals surface area contributed by atoms with Crippen molar-refractivity contribution in [2.24, 2.45) is 0 Å². The van der Waals surface area contributed by atoms with E-state index < -0.39 is 17.6 Å². The van der Waals surface area contributed by atoms with E-state index in [1.165, 1.54) is 0 Å². The Balaban J connectivity index is 1.32. The van der Waals surface area contributed by atoms with Gasteiger partial charge in [0.15, 0.2) is 0 Å². The van der Waals surface area contributed by atoms with Gasteiger partial charge in [-0.2, -0.15) is 0 Å². The number of hydrogen-bond donors (Lipinski definition) is 3. The van der Waals surface area contributed by atoms with Crippen molar-refractivity contribution in [2.75, 3.05) is 39.6 Å². The van der Waals surface area contributed by atoms with E-state index in [0.717, 1.165) is 22.3 Å². The van der Waals surface area contributed by atoms with Crippen molar-refractivity contribution in [2.45, 2.75) is 24.3 Å². The summed E-state index contributed by atoms with van der Waals surface area (Å²) in [6.45, 7) is 0.954. The summed E-state index contributed by atoms with van der Waals surface area (Å²) >= 11 is 0. The zero-order valence-corrected chi connectivity index (χ0v) is 18.7. The second-order valence-corrected chi connectivity index (χ2v) is 8.35. The predicted octanol–water partition coefficient (Wildman–Crippen LogP) is 2.29. The number of carbonyl (C=O) groups excluding carboxylic acids is 2. The monoisotopic (exact) mass is 468 g/mol. The largest absolute Gasteiger partial charge is 0.481 e. The van der Waals surface area contributed by atoms with Crippen molar-refractivity contribution in [1.82, 2.24) is 10.6 Å². The molecule has 4 rings (SSSR count). The molecular formula is C25H28N2O7. The average molecular weight is 469 g/mol. The third-order valence-electron chi connectivity index (χ3n) is 6.13.